The van der Waals surface area contributed by atoms with E-state index in [1.165, 1.54) is 18.2 Å². The first-order chi connectivity index (χ1) is 8.13. The summed E-state index contributed by atoms with van der Waals surface area (Å²) < 4.78 is 13.1. The molecule has 1 aliphatic carbocycles. The number of carbonyl (C=O) groups excluding carboxylic acids is 1. The molecule has 1 aromatic rings. The van der Waals surface area contributed by atoms with Gasteiger partial charge in [0.05, 0.1) is 0 Å². The average Bonchev–Trinajstić information content (AvgIpc) is 2.26. The maximum Gasteiger partial charge on any atom is 0.243 e. The highest BCUT2D eigenvalue weighted by Crippen LogP contribution is 2.35. The van der Waals surface area contributed by atoms with Gasteiger partial charge in [-0.3, -0.25) is 4.79 Å². The van der Waals surface area contributed by atoms with E-state index >= 15 is 0 Å². The van der Waals surface area contributed by atoms with Crippen LogP contribution >= 0.6 is 0 Å². The normalized spacial score (nSPS) is 17.0. The van der Waals surface area contributed by atoms with Crippen LogP contribution in [0, 0.1) is 5.82 Å². The van der Waals surface area contributed by atoms with Gasteiger partial charge in [0.25, 0.3) is 0 Å². The van der Waals surface area contributed by atoms with Gasteiger partial charge in [-0.15, -0.1) is 0 Å². The molecular weight excluding hydrogens is 217 g/mol. The van der Waals surface area contributed by atoms with Crippen molar-refractivity contribution in [3.63, 3.8) is 0 Å². The third-order valence-electron chi connectivity index (χ3n) is 3.32. The van der Waals surface area contributed by atoms with E-state index in [1.807, 2.05) is 6.07 Å². The molecule has 1 aliphatic rings. The van der Waals surface area contributed by atoms with Gasteiger partial charge in [0.2, 0.25) is 5.91 Å². The highest BCUT2D eigenvalue weighted by atomic mass is 19.1. The SMILES string of the molecule is C=CC(=O)NC1(Cc2cccc(F)c2)CCC1. The number of hydrogen-bond acceptors (Lipinski definition) is 1. The minimum absolute atomic E-state index is 0.152. The van der Waals surface area contributed by atoms with E-state index in [1.54, 1.807) is 6.07 Å². The smallest absolute Gasteiger partial charge is 0.243 e. The van der Waals surface area contributed by atoms with Crippen LogP contribution in [0.1, 0.15) is 24.8 Å². The molecule has 1 saturated carbocycles. The summed E-state index contributed by atoms with van der Waals surface area (Å²) >= 11 is 0. The molecule has 0 atom stereocenters. The Hall–Kier alpha value is -1.64. The largest absolute Gasteiger partial charge is 0.347 e. The lowest BCUT2D eigenvalue weighted by atomic mass is 9.72. The Morgan fingerprint density at radius 3 is 2.82 bits per heavy atom. The monoisotopic (exact) mass is 233 g/mol. The number of hydrogen-bond donors (Lipinski definition) is 1. The number of benzene rings is 1. The Morgan fingerprint density at radius 1 is 1.53 bits per heavy atom. The van der Waals surface area contributed by atoms with Gasteiger partial charge in [-0.1, -0.05) is 18.7 Å². The highest BCUT2D eigenvalue weighted by Gasteiger charge is 2.37. The van der Waals surface area contributed by atoms with E-state index in [2.05, 4.69) is 11.9 Å². The molecule has 2 nitrogen and oxygen atoms in total. The van der Waals surface area contributed by atoms with Crippen molar-refractivity contribution in [3.05, 3.63) is 48.3 Å². The van der Waals surface area contributed by atoms with Crippen LogP contribution in [0.5, 0.6) is 0 Å². The molecule has 0 aromatic heterocycles. The molecule has 0 aliphatic heterocycles. The maximum atomic E-state index is 13.1. The summed E-state index contributed by atoms with van der Waals surface area (Å²) in [4.78, 5) is 11.4. The summed E-state index contributed by atoms with van der Waals surface area (Å²) in [5.41, 5.74) is 0.730. The number of amides is 1. The Morgan fingerprint density at radius 2 is 2.29 bits per heavy atom. The summed E-state index contributed by atoms with van der Waals surface area (Å²) in [6, 6.07) is 6.55. The van der Waals surface area contributed by atoms with Gasteiger partial charge in [0, 0.05) is 5.54 Å². The summed E-state index contributed by atoms with van der Waals surface area (Å²) in [6.07, 6.45) is 4.97. The van der Waals surface area contributed by atoms with Gasteiger partial charge in [-0.25, -0.2) is 4.39 Å². The van der Waals surface area contributed by atoms with E-state index < -0.39 is 0 Å². The molecule has 1 aromatic carbocycles. The van der Waals surface area contributed by atoms with E-state index in [-0.39, 0.29) is 17.3 Å². The van der Waals surface area contributed by atoms with E-state index in [4.69, 9.17) is 0 Å². The second-order valence-electron chi connectivity index (χ2n) is 4.63. The van der Waals surface area contributed by atoms with Crippen molar-refractivity contribution in [2.24, 2.45) is 0 Å². The fourth-order valence-electron chi connectivity index (χ4n) is 2.30. The first-order valence-electron chi connectivity index (χ1n) is 5.83. The third-order valence-corrected chi connectivity index (χ3v) is 3.32. The van der Waals surface area contributed by atoms with Crippen molar-refractivity contribution in [1.82, 2.24) is 5.32 Å². The molecule has 0 saturated heterocycles. The van der Waals surface area contributed by atoms with E-state index in [0.29, 0.717) is 6.42 Å². The van der Waals surface area contributed by atoms with Gasteiger partial charge >= 0.3 is 0 Å². The summed E-state index contributed by atoms with van der Waals surface area (Å²) in [6.45, 7) is 3.45. The molecule has 0 unspecified atom stereocenters. The van der Waals surface area contributed by atoms with E-state index in [9.17, 15) is 9.18 Å². The quantitative estimate of drug-likeness (QED) is 0.796. The molecule has 1 N–H and O–H groups in total. The number of nitrogens with one attached hydrogen (secondary N) is 1. The molecule has 0 heterocycles. The van der Waals surface area contributed by atoms with Crippen LogP contribution in [0.25, 0.3) is 0 Å². The molecular formula is C14H16FNO. The third kappa shape index (κ3) is 2.73. The molecule has 0 spiro atoms. The van der Waals surface area contributed by atoms with Gasteiger partial charge in [-0.2, -0.15) is 0 Å². The Bertz CT molecular complexity index is 438. The van der Waals surface area contributed by atoms with Crippen LogP contribution < -0.4 is 5.32 Å². The Labute approximate surface area is 101 Å². The van der Waals surface area contributed by atoms with Crippen molar-refractivity contribution in [3.8, 4) is 0 Å². The van der Waals surface area contributed by atoms with Crippen LogP contribution in [-0.4, -0.2) is 11.4 Å². The van der Waals surface area contributed by atoms with Crippen LogP contribution in [0.15, 0.2) is 36.9 Å². The molecule has 1 amide bonds. The van der Waals surface area contributed by atoms with Crippen molar-refractivity contribution < 1.29 is 9.18 Å². The van der Waals surface area contributed by atoms with Gasteiger partial charge in [0.1, 0.15) is 5.82 Å². The van der Waals surface area contributed by atoms with Gasteiger partial charge in [0.15, 0.2) is 0 Å². The minimum atomic E-state index is -0.230. The molecule has 3 heteroatoms. The summed E-state index contributed by atoms with van der Waals surface area (Å²) in [5, 5.41) is 2.97. The molecule has 90 valence electrons. The van der Waals surface area contributed by atoms with Gasteiger partial charge in [-0.05, 0) is 49.5 Å². The van der Waals surface area contributed by atoms with Crippen LogP contribution in [-0.2, 0) is 11.2 Å². The first-order valence-corrected chi connectivity index (χ1v) is 5.83. The zero-order valence-corrected chi connectivity index (χ0v) is 9.71. The maximum absolute atomic E-state index is 13.1. The lowest BCUT2D eigenvalue weighted by Crippen LogP contribution is -2.54. The Balaban J connectivity index is 2.09. The van der Waals surface area contributed by atoms with Crippen LogP contribution in [0.2, 0.25) is 0 Å². The molecule has 17 heavy (non-hydrogen) atoms. The summed E-state index contributed by atoms with van der Waals surface area (Å²) in [7, 11) is 0. The fourth-order valence-corrected chi connectivity index (χ4v) is 2.30. The molecule has 2 rings (SSSR count). The minimum Gasteiger partial charge on any atom is -0.347 e. The number of rotatable bonds is 4. The summed E-state index contributed by atoms with van der Waals surface area (Å²) in [5.74, 6) is -0.381. The van der Waals surface area contributed by atoms with Crippen molar-refractivity contribution >= 4 is 5.91 Å². The number of halogens is 1. The van der Waals surface area contributed by atoms with Crippen LogP contribution in [0.4, 0.5) is 4.39 Å². The first kappa shape index (κ1) is 11.8. The van der Waals surface area contributed by atoms with E-state index in [0.717, 1.165) is 24.8 Å². The average molecular weight is 233 g/mol. The number of carbonyl (C=O) groups is 1. The second-order valence-corrected chi connectivity index (χ2v) is 4.63. The highest BCUT2D eigenvalue weighted by molar-refractivity contribution is 5.87. The van der Waals surface area contributed by atoms with Crippen molar-refractivity contribution in [2.45, 2.75) is 31.2 Å². The predicted octanol–water partition coefficient (Wildman–Crippen LogP) is 2.59. The fraction of sp³-hybridized carbons (Fsp3) is 0.357. The lowest BCUT2D eigenvalue weighted by Gasteiger charge is -2.42. The molecule has 1 fully saturated rings. The lowest BCUT2D eigenvalue weighted by molar-refractivity contribution is -0.119. The topological polar surface area (TPSA) is 29.1 Å². The zero-order chi connectivity index (χ0) is 12.3. The Kier molecular flexibility index (Phi) is 3.27. The molecule has 0 radical (unpaired) electrons. The molecule has 0 bridgehead atoms. The van der Waals surface area contributed by atoms with Crippen molar-refractivity contribution in [1.29, 1.82) is 0 Å². The zero-order valence-electron chi connectivity index (χ0n) is 9.71. The second kappa shape index (κ2) is 4.70. The van der Waals surface area contributed by atoms with Crippen LogP contribution in [0.3, 0.4) is 0 Å². The van der Waals surface area contributed by atoms with Crippen molar-refractivity contribution in [2.75, 3.05) is 0 Å². The van der Waals surface area contributed by atoms with Gasteiger partial charge < -0.3 is 5.32 Å². The standard InChI is InChI=1S/C14H16FNO/c1-2-13(17)16-14(7-4-8-14)10-11-5-3-6-12(15)9-11/h2-3,5-6,9H,1,4,7-8,10H2,(H,16,17). The predicted molar refractivity (Wildman–Crippen MR) is 65.0 cm³/mol.